The lowest BCUT2D eigenvalue weighted by atomic mass is 10.0. The van der Waals surface area contributed by atoms with Crippen molar-refractivity contribution in [3.8, 4) is 5.75 Å². The fraction of sp³-hybridized carbons (Fsp3) is 0.211. The van der Waals surface area contributed by atoms with E-state index >= 15 is 0 Å². The fourth-order valence-electron chi connectivity index (χ4n) is 2.88. The zero-order valence-electron chi connectivity index (χ0n) is 14.9. The molecule has 0 radical (unpaired) electrons. The number of anilines is 2. The van der Waals surface area contributed by atoms with Crippen LogP contribution in [0.4, 0.5) is 10.7 Å². The first-order chi connectivity index (χ1) is 12.7. The molecule has 1 atom stereocenters. The Morgan fingerprint density at radius 3 is 2.48 bits per heavy atom. The molecule has 142 valence electrons. The van der Waals surface area contributed by atoms with Gasteiger partial charge in [-0.3, -0.25) is 8.51 Å². The molecule has 6 nitrogen and oxygen atoms in total. The molecule has 0 spiro atoms. The Hall–Kier alpha value is -2.42. The third-order valence-corrected chi connectivity index (χ3v) is 6.45. The van der Waals surface area contributed by atoms with E-state index in [2.05, 4.69) is 19.9 Å². The van der Waals surface area contributed by atoms with Gasteiger partial charge in [0.1, 0.15) is 16.3 Å². The molecule has 2 aromatic carbocycles. The largest absolute Gasteiger partial charge is 0.755 e. The van der Waals surface area contributed by atoms with E-state index in [1.165, 1.54) is 23.5 Å². The maximum Gasteiger partial charge on any atom is 0.339 e. The van der Waals surface area contributed by atoms with E-state index in [0.717, 1.165) is 31.6 Å². The second-order valence-electron chi connectivity index (χ2n) is 6.46. The first kappa shape index (κ1) is 19.3. The average Bonchev–Trinajstić information content (AvgIpc) is 2.90. The van der Waals surface area contributed by atoms with Crippen LogP contribution >= 0.6 is 11.3 Å². The average molecular weight is 404 g/mol. The number of hydrogen-bond acceptors (Lipinski definition) is 5. The van der Waals surface area contributed by atoms with E-state index in [1.54, 1.807) is 0 Å². The van der Waals surface area contributed by atoms with Gasteiger partial charge in [-0.2, -0.15) is 0 Å². The van der Waals surface area contributed by atoms with Crippen molar-refractivity contribution in [1.82, 2.24) is 0 Å². The fourth-order valence-corrected chi connectivity index (χ4v) is 4.85. The second kappa shape index (κ2) is 7.30. The van der Waals surface area contributed by atoms with E-state index in [1.807, 2.05) is 19.1 Å². The van der Waals surface area contributed by atoms with Gasteiger partial charge in [-0.1, -0.05) is 19.9 Å². The number of aromatic hydroxyl groups is 1. The van der Waals surface area contributed by atoms with E-state index in [-0.39, 0.29) is 11.3 Å². The van der Waals surface area contributed by atoms with E-state index in [9.17, 15) is 18.7 Å². The summed E-state index contributed by atoms with van der Waals surface area (Å²) in [4.78, 5) is 11.1. The quantitative estimate of drug-likeness (QED) is 0.602. The van der Waals surface area contributed by atoms with Gasteiger partial charge in [-0.05, 0) is 53.6 Å². The first-order valence-corrected chi connectivity index (χ1v) is 10.0. The van der Waals surface area contributed by atoms with Gasteiger partial charge in [0, 0.05) is 10.8 Å². The molecule has 0 saturated heterocycles. The Morgan fingerprint density at radius 2 is 1.93 bits per heavy atom. The summed E-state index contributed by atoms with van der Waals surface area (Å²) in [5.41, 5.74) is 1.85. The summed E-state index contributed by atoms with van der Waals surface area (Å²) in [6.45, 7) is 6.04. The molecule has 3 aromatic rings. The number of fused-ring (bicyclic) bond motifs is 1. The van der Waals surface area contributed by atoms with Crippen LogP contribution < -0.4 is 4.31 Å². The molecule has 1 aromatic heterocycles. The lowest BCUT2D eigenvalue weighted by molar-refractivity contribution is 0.0694. The van der Waals surface area contributed by atoms with Crippen LogP contribution in [0.25, 0.3) is 10.1 Å². The number of benzene rings is 2. The smallest absolute Gasteiger partial charge is 0.339 e. The summed E-state index contributed by atoms with van der Waals surface area (Å²) in [7, 11) is 0. The lowest BCUT2D eigenvalue weighted by Gasteiger charge is -2.26. The predicted octanol–water partition coefficient (Wildman–Crippen LogP) is 4.67. The molecule has 0 fully saturated rings. The molecule has 1 heterocycles. The van der Waals surface area contributed by atoms with Gasteiger partial charge < -0.3 is 14.8 Å². The molecule has 3 rings (SSSR count). The summed E-state index contributed by atoms with van der Waals surface area (Å²) < 4.78 is 26.0. The number of carboxylic acid groups (broad SMARTS) is 1. The van der Waals surface area contributed by atoms with Gasteiger partial charge in [-0.25, -0.2) is 4.79 Å². The molecule has 1 unspecified atom stereocenters. The molecule has 0 aliphatic carbocycles. The Kier molecular flexibility index (Phi) is 5.23. The summed E-state index contributed by atoms with van der Waals surface area (Å²) in [6.07, 6.45) is 0. The van der Waals surface area contributed by atoms with Gasteiger partial charge in [0.2, 0.25) is 0 Å². The van der Waals surface area contributed by atoms with Crippen molar-refractivity contribution in [2.45, 2.75) is 26.7 Å². The van der Waals surface area contributed by atoms with Crippen molar-refractivity contribution >= 4 is 49.3 Å². The number of hydrogen-bond donors (Lipinski definition) is 2. The van der Waals surface area contributed by atoms with Crippen molar-refractivity contribution in [1.29, 1.82) is 0 Å². The highest BCUT2D eigenvalue weighted by molar-refractivity contribution is 7.81. The number of phenols is 1. The first-order valence-electron chi connectivity index (χ1n) is 8.19. The van der Waals surface area contributed by atoms with Crippen LogP contribution in [0.1, 0.15) is 41.3 Å². The number of carboxylic acids is 1. The van der Waals surface area contributed by atoms with Crippen LogP contribution in [0.5, 0.6) is 5.75 Å². The molecule has 8 heteroatoms. The molecule has 0 aliphatic rings. The second-order valence-corrected chi connectivity index (χ2v) is 8.29. The van der Waals surface area contributed by atoms with Gasteiger partial charge in [-0.15, -0.1) is 11.3 Å². The van der Waals surface area contributed by atoms with Gasteiger partial charge >= 0.3 is 5.97 Å². The molecule has 0 aliphatic heterocycles. The molecule has 0 amide bonds. The van der Waals surface area contributed by atoms with Crippen molar-refractivity contribution in [3.63, 3.8) is 0 Å². The maximum absolute atomic E-state index is 12.0. The zero-order chi connectivity index (χ0) is 19.9. The van der Waals surface area contributed by atoms with Crippen LogP contribution in [-0.4, -0.2) is 24.9 Å². The number of thiophene rings is 1. The molecule has 27 heavy (non-hydrogen) atoms. The van der Waals surface area contributed by atoms with Crippen LogP contribution in [-0.2, 0) is 11.3 Å². The highest BCUT2D eigenvalue weighted by Gasteiger charge is 2.20. The van der Waals surface area contributed by atoms with Crippen molar-refractivity contribution in [2.24, 2.45) is 0 Å². The summed E-state index contributed by atoms with van der Waals surface area (Å²) in [5.74, 6) is -1.42. The Bertz CT molecular complexity index is 1060. The van der Waals surface area contributed by atoms with Crippen LogP contribution in [0, 0.1) is 6.92 Å². The lowest BCUT2D eigenvalue weighted by Crippen LogP contribution is -2.19. The number of rotatable bonds is 5. The minimum absolute atomic E-state index is 0.171. The minimum Gasteiger partial charge on any atom is -0.755 e. The third kappa shape index (κ3) is 3.55. The van der Waals surface area contributed by atoms with Crippen molar-refractivity contribution in [2.75, 3.05) is 4.31 Å². The van der Waals surface area contributed by atoms with E-state index in [4.69, 9.17) is 5.11 Å². The summed E-state index contributed by atoms with van der Waals surface area (Å²) in [6, 6.07) is 9.75. The van der Waals surface area contributed by atoms with Crippen LogP contribution in [0.15, 0.2) is 36.4 Å². The summed E-state index contributed by atoms with van der Waals surface area (Å²) in [5, 5.41) is 20.5. The maximum atomic E-state index is 12.0. The SMILES string of the molecule is Cc1c(N(c2ccc(C(=O)O)c(O)c2)S(=O)[O-])sc2ccc(C(C)C)cc12. The molecule has 2 N–H and O–H groups in total. The number of aromatic carboxylic acids is 1. The Balaban J connectivity index is 2.16. The zero-order valence-corrected chi connectivity index (χ0v) is 16.6. The molecular weight excluding hydrogens is 386 g/mol. The molecule has 0 bridgehead atoms. The normalized spacial score (nSPS) is 12.5. The van der Waals surface area contributed by atoms with Crippen molar-refractivity contribution < 1.29 is 23.8 Å². The minimum atomic E-state index is -2.65. The number of carbonyl (C=O) groups is 1. The topological polar surface area (TPSA) is 101 Å². The highest BCUT2D eigenvalue weighted by Crippen LogP contribution is 2.43. The third-order valence-electron chi connectivity index (χ3n) is 4.38. The number of nitrogens with zero attached hydrogens (tertiary/aromatic N) is 1. The monoisotopic (exact) mass is 404 g/mol. The Morgan fingerprint density at radius 1 is 1.22 bits per heavy atom. The number of aryl methyl sites for hydroxylation is 1. The van der Waals surface area contributed by atoms with Crippen LogP contribution in [0.3, 0.4) is 0 Å². The van der Waals surface area contributed by atoms with Crippen LogP contribution in [0.2, 0.25) is 0 Å². The van der Waals surface area contributed by atoms with Gasteiger partial charge in [0.15, 0.2) is 0 Å². The summed E-state index contributed by atoms with van der Waals surface area (Å²) >= 11 is -1.32. The standard InChI is InChI=1S/C19H19NO5S2/c1-10(2)12-4-7-17-15(8-12)11(3)18(26-17)20(27(24)25)13-5-6-14(19(22)23)16(21)9-13/h4-10,21H,1-3H3,(H,22,23)(H,24,25)/p-1. The van der Waals surface area contributed by atoms with E-state index in [0.29, 0.717) is 10.9 Å². The van der Waals surface area contributed by atoms with Gasteiger partial charge in [0.25, 0.3) is 0 Å². The Labute approximate surface area is 163 Å². The van der Waals surface area contributed by atoms with E-state index < -0.39 is 23.0 Å². The highest BCUT2D eigenvalue weighted by atomic mass is 32.2. The van der Waals surface area contributed by atoms with Crippen molar-refractivity contribution in [3.05, 3.63) is 53.1 Å². The molecule has 0 saturated carbocycles. The van der Waals surface area contributed by atoms with Gasteiger partial charge in [0.05, 0.1) is 17.0 Å². The predicted molar refractivity (Wildman–Crippen MR) is 107 cm³/mol. The molecular formula is C19H18NO5S2-.